The summed E-state index contributed by atoms with van der Waals surface area (Å²) in [5, 5.41) is 2.77. The number of nitrogens with zero attached hydrogens (tertiary/aromatic N) is 3. The van der Waals surface area contributed by atoms with Gasteiger partial charge in [-0.15, -0.1) is 0 Å². The van der Waals surface area contributed by atoms with Crippen LogP contribution in [-0.4, -0.2) is 39.8 Å². The van der Waals surface area contributed by atoms with Crippen LogP contribution >= 0.6 is 0 Å². The lowest BCUT2D eigenvalue weighted by Crippen LogP contribution is -2.35. The van der Waals surface area contributed by atoms with Gasteiger partial charge < -0.3 is 10.2 Å². The summed E-state index contributed by atoms with van der Waals surface area (Å²) in [5.41, 5.74) is 1.52. The Bertz CT molecular complexity index is 712. The molecular formula is C18H20N4O2. The number of rotatable bonds is 4. The van der Waals surface area contributed by atoms with Crippen LogP contribution in [0, 0.1) is 0 Å². The smallest absolute Gasteiger partial charge is 0.270 e. The number of likely N-dealkylation sites (tertiary alicyclic amines) is 1. The van der Waals surface area contributed by atoms with Gasteiger partial charge in [0.05, 0.1) is 12.2 Å². The van der Waals surface area contributed by atoms with Crippen molar-refractivity contribution in [2.24, 2.45) is 0 Å². The zero-order valence-corrected chi connectivity index (χ0v) is 13.4. The maximum atomic E-state index is 12.5. The van der Waals surface area contributed by atoms with Crippen LogP contribution in [0.25, 0.3) is 0 Å². The van der Waals surface area contributed by atoms with Gasteiger partial charge in [0.1, 0.15) is 5.69 Å². The highest BCUT2D eigenvalue weighted by Crippen LogP contribution is 2.13. The van der Waals surface area contributed by atoms with Gasteiger partial charge >= 0.3 is 0 Å². The van der Waals surface area contributed by atoms with Gasteiger partial charge in [-0.25, -0.2) is 0 Å². The van der Waals surface area contributed by atoms with Gasteiger partial charge in [0.2, 0.25) is 0 Å². The molecule has 1 fully saturated rings. The second-order valence-electron chi connectivity index (χ2n) is 5.79. The first-order chi connectivity index (χ1) is 11.7. The molecule has 6 heteroatoms. The van der Waals surface area contributed by atoms with Gasteiger partial charge in [-0.3, -0.25) is 19.6 Å². The minimum absolute atomic E-state index is 0.0316. The largest absolute Gasteiger partial charge is 0.345 e. The minimum atomic E-state index is -0.311. The van der Waals surface area contributed by atoms with E-state index in [-0.39, 0.29) is 17.5 Å². The summed E-state index contributed by atoms with van der Waals surface area (Å²) >= 11 is 0. The molecule has 0 aromatic carbocycles. The van der Waals surface area contributed by atoms with Crippen LogP contribution in [0.15, 0.2) is 42.7 Å². The standard InChI is InChI=1S/C18H20N4O2/c23-17(21-13-15-6-2-3-8-19-15)16-12-14(7-9-20-16)18(24)22-10-4-1-5-11-22/h2-3,6-9,12H,1,4-5,10-11,13H2,(H,21,23). The number of carbonyl (C=O) groups is 2. The van der Waals surface area contributed by atoms with E-state index < -0.39 is 0 Å². The zero-order valence-electron chi connectivity index (χ0n) is 13.4. The summed E-state index contributed by atoms with van der Waals surface area (Å²) in [7, 11) is 0. The molecule has 6 nitrogen and oxygen atoms in total. The SMILES string of the molecule is O=C(NCc1ccccn1)c1cc(C(=O)N2CCCCC2)ccn1. The number of hydrogen-bond acceptors (Lipinski definition) is 4. The molecule has 24 heavy (non-hydrogen) atoms. The molecule has 2 aromatic rings. The third-order valence-corrected chi connectivity index (χ3v) is 4.04. The average molecular weight is 324 g/mol. The van der Waals surface area contributed by atoms with Crippen molar-refractivity contribution in [1.29, 1.82) is 0 Å². The zero-order chi connectivity index (χ0) is 16.8. The molecule has 2 aromatic heterocycles. The molecule has 0 bridgehead atoms. The first kappa shape index (κ1) is 16.1. The van der Waals surface area contributed by atoms with Crippen molar-refractivity contribution in [1.82, 2.24) is 20.2 Å². The normalized spacial score (nSPS) is 14.2. The molecule has 0 atom stereocenters. The first-order valence-electron chi connectivity index (χ1n) is 8.17. The fraction of sp³-hybridized carbons (Fsp3) is 0.333. The van der Waals surface area contributed by atoms with Crippen molar-refractivity contribution in [3.63, 3.8) is 0 Å². The first-order valence-corrected chi connectivity index (χ1v) is 8.17. The molecule has 1 aliphatic heterocycles. The quantitative estimate of drug-likeness (QED) is 0.934. The maximum absolute atomic E-state index is 12.5. The van der Waals surface area contributed by atoms with E-state index in [9.17, 15) is 9.59 Å². The van der Waals surface area contributed by atoms with Gasteiger partial charge in [0, 0.05) is 31.0 Å². The Kier molecular flexibility index (Phi) is 5.15. The van der Waals surface area contributed by atoms with E-state index in [1.165, 1.54) is 12.6 Å². The van der Waals surface area contributed by atoms with Gasteiger partial charge in [0.25, 0.3) is 11.8 Å². The van der Waals surface area contributed by atoms with E-state index in [1.54, 1.807) is 18.3 Å². The van der Waals surface area contributed by atoms with Crippen molar-refractivity contribution >= 4 is 11.8 Å². The number of amides is 2. The molecular weight excluding hydrogens is 304 g/mol. The topological polar surface area (TPSA) is 75.2 Å². The highest BCUT2D eigenvalue weighted by molar-refractivity contribution is 5.98. The summed E-state index contributed by atoms with van der Waals surface area (Å²) in [4.78, 5) is 34.8. The van der Waals surface area contributed by atoms with Crippen LogP contribution in [-0.2, 0) is 6.54 Å². The van der Waals surface area contributed by atoms with Crippen LogP contribution in [0.4, 0.5) is 0 Å². The number of hydrogen-bond donors (Lipinski definition) is 1. The van der Waals surface area contributed by atoms with Crippen LogP contribution in [0.1, 0.15) is 45.8 Å². The van der Waals surface area contributed by atoms with Crippen LogP contribution in [0.5, 0.6) is 0 Å². The number of pyridine rings is 2. The van der Waals surface area contributed by atoms with E-state index in [0.717, 1.165) is 31.6 Å². The Morgan fingerprint density at radius 1 is 1.04 bits per heavy atom. The third-order valence-electron chi connectivity index (χ3n) is 4.04. The molecule has 2 amide bonds. The van der Waals surface area contributed by atoms with Crippen LogP contribution in [0.2, 0.25) is 0 Å². The molecule has 3 rings (SSSR count). The summed E-state index contributed by atoms with van der Waals surface area (Å²) in [6.45, 7) is 1.89. The van der Waals surface area contributed by atoms with Gasteiger partial charge in [0.15, 0.2) is 0 Å². The van der Waals surface area contributed by atoms with Gasteiger partial charge in [-0.2, -0.15) is 0 Å². The number of carbonyl (C=O) groups excluding carboxylic acids is 2. The Balaban J connectivity index is 1.65. The van der Waals surface area contributed by atoms with Gasteiger partial charge in [-0.05, 0) is 43.5 Å². The minimum Gasteiger partial charge on any atom is -0.345 e. The summed E-state index contributed by atoms with van der Waals surface area (Å²) in [5.74, 6) is -0.343. The number of nitrogens with one attached hydrogen (secondary N) is 1. The Hall–Kier alpha value is -2.76. The maximum Gasteiger partial charge on any atom is 0.270 e. The van der Waals surface area contributed by atoms with E-state index in [4.69, 9.17) is 0 Å². The molecule has 1 saturated heterocycles. The Morgan fingerprint density at radius 2 is 1.88 bits per heavy atom. The second kappa shape index (κ2) is 7.68. The van der Waals surface area contributed by atoms with E-state index in [2.05, 4.69) is 15.3 Å². The molecule has 1 aliphatic rings. The predicted molar refractivity (Wildman–Crippen MR) is 89.4 cm³/mol. The summed E-state index contributed by atoms with van der Waals surface area (Å²) in [6.07, 6.45) is 6.42. The number of piperidine rings is 1. The monoisotopic (exact) mass is 324 g/mol. The molecule has 3 heterocycles. The fourth-order valence-electron chi connectivity index (χ4n) is 2.73. The van der Waals surface area contributed by atoms with Crippen LogP contribution < -0.4 is 5.32 Å². The Labute approximate surface area is 140 Å². The Morgan fingerprint density at radius 3 is 2.62 bits per heavy atom. The van der Waals surface area contributed by atoms with E-state index in [0.29, 0.717) is 12.1 Å². The average Bonchev–Trinajstić information content (AvgIpc) is 2.67. The van der Waals surface area contributed by atoms with Crippen molar-refractivity contribution < 1.29 is 9.59 Å². The summed E-state index contributed by atoms with van der Waals surface area (Å²) in [6, 6.07) is 8.74. The van der Waals surface area contributed by atoms with E-state index >= 15 is 0 Å². The number of aromatic nitrogens is 2. The lowest BCUT2D eigenvalue weighted by molar-refractivity contribution is 0.0724. The molecule has 0 unspecified atom stereocenters. The predicted octanol–water partition coefficient (Wildman–Crippen LogP) is 2.03. The lowest BCUT2D eigenvalue weighted by Gasteiger charge is -2.26. The molecule has 0 aliphatic carbocycles. The van der Waals surface area contributed by atoms with E-state index in [1.807, 2.05) is 23.1 Å². The highest BCUT2D eigenvalue weighted by Gasteiger charge is 2.19. The second-order valence-corrected chi connectivity index (χ2v) is 5.79. The molecule has 0 radical (unpaired) electrons. The van der Waals surface area contributed by atoms with Crippen molar-refractivity contribution in [2.75, 3.05) is 13.1 Å². The van der Waals surface area contributed by atoms with Crippen molar-refractivity contribution in [3.8, 4) is 0 Å². The summed E-state index contributed by atoms with van der Waals surface area (Å²) < 4.78 is 0. The molecule has 0 saturated carbocycles. The van der Waals surface area contributed by atoms with Gasteiger partial charge in [-0.1, -0.05) is 6.07 Å². The van der Waals surface area contributed by atoms with Crippen molar-refractivity contribution in [2.45, 2.75) is 25.8 Å². The lowest BCUT2D eigenvalue weighted by atomic mass is 10.1. The van der Waals surface area contributed by atoms with Crippen molar-refractivity contribution in [3.05, 3.63) is 59.7 Å². The fourth-order valence-corrected chi connectivity index (χ4v) is 2.73. The highest BCUT2D eigenvalue weighted by atomic mass is 16.2. The van der Waals surface area contributed by atoms with Crippen LogP contribution in [0.3, 0.4) is 0 Å². The molecule has 0 spiro atoms. The third kappa shape index (κ3) is 3.95. The molecule has 1 N–H and O–H groups in total. The molecule has 124 valence electrons.